The summed E-state index contributed by atoms with van der Waals surface area (Å²) in [6.07, 6.45) is 1.51. The van der Waals surface area contributed by atoms with Gasteiger partial charge in [-0.25, -0.2) is 9.97 Å². The molecule has 0 unspecified atom stereocenters. The Morgan fingerprint density at radius 2 is 1.77 bits per heavy atom. The van der Waals surface area contributed by atoms with E-state index in [0.717, 1.165) is 0 Å². The van der Waals surface area contributed by atoms with Gasteiger partial charge in [-0.3, -0.25) is 4.79 Å². The molecule has 0 fully saturated rings. The van der Waals surface area contributed by atoms with Crippen LogP contribution in [0.25, 0.3) is 0 Å². The molecule has 1 amide bonds. The number of rotatable bonds is 9. The summed E-state index contributed by atoms with van der Waals surface area (Å²) in [6, 6.07) is 4.80. The number of carbonyl (C=O) groups is 1. The van der Waals surface area contributed by atoms with Gasteiger partial charge in [0.1, 0.15) is 5.69 Å². The van der Waals surface area contributed by atoms with E-state index in [1.165, 1.54) is 33.6 Å². The molecule has 0 aliphatic heterocycles. The Labute approximate surface area is 151 Å². The fourth-order valence-electron chi connectivity index (χ4n) is 2.18. The van der Waals surface area contributed by atoms with Gasteiger partial charge in [0.2, 0.25) is 11.7 Å². The molecule has 0 saturated heterocycles. The summed E-state index contributed by atoms with van der Waals surface area (Å²) in [7, 11) is 6.12. The fourth-order valence-corrected chi connectivity index (χ4v) is 2.18. The molecule has 1 aromatic carbocycles. The van der Waals surface area contributed by atoms with E-state index >= 15 is 0 Å². The normalized spacial score (nSPS) is 10.2. The first-order valence-electron chi connectivity index (χ1n) is 7.80. The fraction of sp³-hybridized carbons (Fsp3) is 0.353. The second-order valence-electron chi connectivity index (χ2n) is 5.05. The second-order valence-corrected chi connectivity index (χ2v) is 5.05. The van der Waals surface area contributed by atoms with Crippen LogP contribution in [0.5, 0.6) is 17.2 Å². The number of methoxy groups -OCH3 is 4. The number of benzene rings is 1. The smallest absolute Gasteiger partial charge is 0.274 e. The first-order chi connectivity index (χ1) is 12.6. The lowest BCUT2D eigenvalue weighted by atomic mass is 10.2. The van der Waals surface area contributed by atoms with Gasteiger partial charge in [0.05, 0.1) is 27.9 Å². The van der Waals surface area contributed by atoms with Crippen molar-refractivity contribution in [2.24, 2.45) is 0 Å². The Morgan fingerprint density at radius 1 is 1.08 bits per heavy atom. The molecule has 2 rings (SSSR count). The predicted molar refractivity (Wildman–Crippen MR) is 96.4 cm³/mol. The molecule has 0 saturated carbocycles. The van der Waals surface area contributed by atoms with Crippen LogP contribution < -0.4 is 24.8 Å². The van der Waals surface area contributed by atoms with Gasteiger partial charge in [0.15, 0.2) is 11.5 Å². The van der Waals surface area contributed by atoms with Crippen molar-refractivity contribution in [1.29, 1.82) is 0 Å². The van der Waals surface area contributed by atoms with E-state index < -0.39 is 5.91 Å². The van der Waals surface area contributed by atoms with Crippen LogP contribution in [0, 0.1) is 0 Å². The second kappa shape index (κ2) is 9.42. The van der Waals surface area contributed by atoms with E-state index in [1.807, 2.05) is 0 Å². The molecule has 9 heteroatoms. The third-order valence-electron chi connectivity index (χ3n) is 3.40. The first-order valence-corrected chi connectivity index (χ1v) is 7.80. The van der Waals surface area contributed by atoms with Crippen LogP contribution in [-0.2, 0) is 4.74 Å². The number of nitrogens with zero attached hydrogens (tertiary/aromatic N) is 2. The van der Waals surface area contributed by atoms with Crippen LogP contribution in [0.1, 0.15) is 10.5 Å². The highest BCUT2D eigenvalue weighted by Crippen LogP contribution is 2.39. The van der Waals surface area contributed by atoms with Crippen molar-refractivity contribution in [3.63, 3.8) is 0 Å². The van der Waals surface area contributed by atoms with Crippen molar-refractivity contribution in [2.45, 2.75) is 0 Å². The molecule has 0 bridgehead atoms. The lowest BCUT2D eigenvalue weighted by Gasteiger charge is -2.14. The minimum Gasteiger partial charge on any atom is -0.493 e. The van der Waals surface area contributed by atoms with Crippen molar-refractivity contribution in [2.75, 3.05) is 52.2 Å². The van der Waals surface area contributed by atoms with Crippen LogP contribution in [-0.4, -0.2) is 57.5 Å². The zero-order valence-corrected chi connectivity index (χ0v) is 15.2. The summed E-state index contributed by atoms with van der Waals surface area (Å²) in [5, 5.41) is 5.73. The number of amides is 1. The molecule has 26 heavy (non-hydrogen) atoms. The summed E-state index contributed by atoms with van der Waals surface area (Å²) in [5.74, 6) is 1.27. The Balaban J connectivity index is 2.18. The Morgan fingerprint density at radius 3 is 2.35 bits per heavy atom. The quantitative estimate of drug-likeness (QED) is 0.651. The molecule has 9 nitrogen and oxygen atoms in total. The Hall–Kier alpha value is -3.07. The number of carbonyl (C=O) groups excluding carboxylic acids is 1. The molecule has 1 heterocycles. The maximum Gasteiger partial charge on any atom is 0.274 e. The molecule has 2 N–H and O–H groups in total. The van der Waals surface area contributed by atoms with Gasteiger partial charge in [0, 0.05) is 37.7 Å². The van der Waals surface area contributed by atoms with E-state index in [-0.39, 0.29) is 5.69 Å². The van der Waals surface area contributed by atoms with E-state index in [0.29, 0.717) is 42.0 Å². The summed E-state index contributed by atoms with van der Waals surface area (Å²) in [4.78, 5) is 20.7. The molecule has 1 aromatic heterocycles. The molecular formula is C17H22N4O5. The standard InChI is InChI=1S/C17H22N4O5/c1-23-8-7-19-17-18-6-5-12(21-17)16(22)20-11-9-13(24-2)15(26-4)14(10-11)25-3/h5-6,9-10H,7-8H2,1-4H3,(H,20,22)(H,18,19,21). The first kappa shape index (κ1) is 19.3. The number of hydrogen-bond acceptors (Lipinski definition) is 8. The molecule has 0 aliphatic carbocycles. The zero-order chi connectivity index (χ0) is 18.9. The van der Waals surface area contributed by atoms with Gasteiger partial charge in [-0.15, -0.1) is 0 Å². The minimum atomic E-state index is -0.392. The van der Waals surface area contributed by atoms with Crippen molar-refractivity contribution < 1.29 is 23.7 Å². The molecule has 0 spiro atoms. The van der Waals surface area contributed by atoms with Crippen LogP contribution in [0.2, 0.25) is 0 Å². The molecule has 140 valence electrons. The highest BCUT2D eigenvalue weighted by Gasteiger charge is 2.16. The number of ether oxygens (including phenoxy) is 4. The van der Waals surface area contributed by atoms with Crippen LogP contribution in [0.3, 0.4) is 0 Å². The zero-order valence-electron chi connectivity index (χ0n) is 15.2. The van der Waals surface area contributed by atoms with E-state index in [9.17, 15) is 4.79 Å². The maximum absolute atomic E-state index is 12.5. The van der Waals surface area contributed by atoms with Gasteiger partial charge in [-0.1, -0.05) is 0 Å². The molecule has 0 atom stereocenters. The van der Waals surface area contributed by atoms with Crippen molar-refractivity contribution in [3.8, 4) is 17.2 Å². The average molecular weight is 362 g/mol. The van der Waals surface area contributed by atoms with E-state index in [2.05, 4.69) is 20.6 Å². The number of nitrogens with one attached hydrogen (secondary N) is 2. The molecular weight excluding hydrogens is 340 g/mol. The number of anilines is 2. The van der Waals surface area contributed by atoms with Gasteiger partial charge < -0.3 is 29.6 Å². The summed E-state index contributed by atoms with van der Waals surface area (Å²) >= 11 is 0. The van der Waals surface area contributed by atoms with Crippen molar-refractivity contribution in [3.05, 3.63) is 30.1 Å². The minimum absolute atomic E-state index is 0.216. The Kier molecular flexibility index (Phi) is 6.98. The van der Waals surface area contributed by atoms with Crippen molar-refractivity contribution in [1.82, 2.24) is 9.97 Å². The lowest BCUT2D eigenvalue weighted by Crippen LogP contribution is -2.16. The SMILES string of the molecule is COCCNc1nccc(C(=O)Nc2cc(OC)c(OC)c(OC)c2)n1. The van der Waals surface area contributed by atoms with Crippen LogP contribution in [0.15, 0.2) is 24.4 Å². The molecule has 0 aliphatic rings. The van der Waals surface area contributed by atoms with E-state index in [4.69, 9.17) is 18.9 Å². The summed E-state index contributed by atoms with van der Waals surface area (Å²) in [5.41, 5.74) is 0.700. The summed E-state index contributed by atoms with van der Waals surface area (Å²) in [6.45, 7) is 1.04. The van der Waals surface area contributed by atoms with Gasteiger partial charge in [-0.2, -0.15) is 0 Å². The van der Waals surface area contributed by atoms with Gasteiger partial charge in [0.25, 0.3) is 5.91 Å². The highest BCUT2D eigenvalue weighted by molar-refractivity contribution is 6.03. The summed E-state index contributed by atoms with van der Waals surface area (Å²) < 4.78 is 20.8. The number of hydrogen-bond donors (Lipinski definition) is 2. The average Bonchev–Trinajstić information content (AvgIpc) is 2.67. The largest absolute Gasteiger partial charge is 0.493 e. The predicted octanol–water partition coefficient (Wildman–Crippen LogP) is 1.81. The van der Waals surface area contributed by atoms with Crippen LogP contribution in [0.4, 0.5) is 11.6 Å². The monoisotopic (exact) mass is 362 g/mol. The number of aromatic nitrogens is 2. The third kappa shape index (κ3) is 4.73. The maximum atomic E-state index is 12.5. The lowest BCUT2D eigenvalue weighted by molar-refractivity contribution is 0.102. The van der Waals surface area contributed by atoms with E-state index in [1.54, 1.807) is 19.2 Å². The molecule has 2 aromatic rings. The van der Waals surface area contributed by atoms with Gasteiger partial charge >= 0.3 is 0 Å². The van der Waals surface area contributed by atoms with Gasteiger partial charge in [-0.05, 0) is 6.07 Å². The third-order valence-corrected chi connectivity index (χ3v) is 3.40. The van der Waals surface area contributed by atoms with Crippen molar-refractivity contribution >= 4 is 17.5 Å². The van der Waals surface area contributed by atoms with Crippen LogP contribution >= 0.6 is 0 Å². The highest BCUT2D eigenvalue weighted by atomic mass is 16.5. The Bertz CT molecular complexity index is 729. The topological polar surface area (TPSA) is 104 Å². The molecule has 0 radical (unpaired) electrons.